The molecule has 2 aromatic rings. The molecule has 0 bridgehead atoms. The van der Waals surface area contributed by atoms with E-state index in [1.807, 2.05) is 12.1 Å². The van der Waals surface area contributed by atoms with Crippen LogP contribution in [0.1, 0.15) is 11.3 Å². The minimum absolute atomic E-state index is 0.266. The van der Waals surface area contributed by atoms with Crippen molar-refractivity contribution in [2.75, 3.05) is 40.3 Å². The quantitative estimate of drug-likeness (QED) is 0.847. The van der Waals surface area contributed by atoms with Gasteiger partial charge in [-0.25, -0.2) is 4.98 Å². The monoisotopic (exact) mass is 315 g/mol. The molecule has 1 saturated heterocycles. The number of ether oxygens (including phenoxy) is 1. The number of nitrogens with zero attached hydrogens (tertiary/aromatic N) is 3. The van der Waals surface area contributed by atoms with Gasteiger partial charge in [0.2, 0.25) is 5.89 Å². The second-order valence-electron chi connectivity index (χ2n) is 6.50. The Hall–Kier alpha value is -1.69. The normalized spacial score (nSPS) is 19.4. The number of rotatable bonds is 5. The molecule has 5 heteroatoms. The number of hydrogen-bond donors (Lipinski definition) is 0. The first-order chi connectivity index (χ1) is 11.1. The highest BCUT2D eigenvalue weighted by Crippen LogP contribution is 2.20. The smallest absolute Gasteiger partial charge is 0.226 e. The fourth-order valence-corrected chi connectivity index (χ4v) is 2.88. The summed E-state index contributed by atoms with van der Waals surface area (Å²) in [4.78, 5) is 9.18. The molecule has 1 aliphatic heterocycles. The van der Waals surface area contributed by atoms with Gasteiger partial charge in [0.15, 0.2) is 0 Å². The van der Waals surface area contributed by atoms with Crippen LogP contribution < -0.4 is 0 Å². The van der Waals surface area contributed by atoms with Gasteiger partial charge in [0.05, 0.1) is 18.4 Å². The van der Waals surface area contributed by atoms with Crippen molar-refractivity contribution >= 4 is 0 Å². The standard InChI is InChI=1S/C18H25N3O2/c1-14-4-6-15(7-5-14)18-19-16(13-23-18)10-21-8-9-22-17(12-21)11-20(2)3/h4-7,13,17H,8-12H2,1-3H3/t17-/m0/s1. The van der Waals surface area contributed by atoms with Gasteiger partial charge >= 0.3 is 0 Å². The third-order valence-corrected chi connectivity index (χ3v) is 4.03. The molecule has 1 aromatic carbocycles. The first kappa shape index (κ1) is 16.2. The summed E-state index contributed by atoms with van der Waals surface area (Å²) in [6, 6.07) is 8.25. The van der Waals surface area contributed by atoms with E-state index in [-0.39, 0.29) is 6.10 Å². The fraction of sp³-hybridized carbons (Fsp3) is 0.500. The maximum absolute atomic E-state index is 5.82. The van der Waals surface area contributed by atoms with Crippen molar-refractivity contribution in [2.45, 2.75) is 19.6 Å². The van der Waals surface area contributed by atoms with Crippen LogP contribution in [0.4, 0.5) is 0 Å². The molecule has 0 aliphatic carbocycles. The summed E-state index contributed by atoms with van der Waals surface area (Å²) in [5.74, 6) is 0.693. The first-order valence-corrected chi connectivity index (χ1v) is 8.10. The fourth-order valence-electron chi connectivity index (χ4n) is 2.88. The summed E-state index contributed by atoms with van der Waals surface area (Å²) >= 11 is 0. The van der Waals surface area contributed by atoms with Gasteiger partial charge in [-0.2, -0.15) is 0 Å². The molecule has 2 heterocycles. The van der Waals surface area contributed by atoms with E-state index in [9.17, 15) is 0 Å². The molecular weight excluding hydrogens is 290 g/mol. The molecule has 23 heavy (non-hydrogen) atoms. The van der Waals surface area contributed by atoms with Gasteiger partial charge in [-0.1, -0.05) is 17.7 Å². The van der Waals surface area contributed by atoms with Gasteiger partial charge in [0.25, 0.3) is 0 Å². The maximum atomic E-state index is 5.82. The van der Waals surface area contributed by atoms with Crippen LogP contribution in [0.15, 0.2) is 34.9 Å². The third kappa shape index (κ3) is 4.41. The number of oxazole rings is 1. The predicted molar refractivity (Wildman–Crippen MR) is 90.2 cm³/mol. The lowest BCUT2D eigenvalue weighted by Gasteiger charge is -2.33. The lowest BCUT2D eigenvalue weighted by atomic mass is 10.1. The van der Waals surface area contributed by atoms with Crippen molar-refractivity contribution < 1.29 is 9.15 Å². The van der Waals surface area contributed by atoms with E-state index in [1.165, 1.54) is 5.56 Å². The van der Waals surface area contributed by atoms with Crippen molar-refractivity contribution in [3.63, 3.8) is 0 Å². The zero-order chi connectivity index (χ0) is 16.2. The van der Waals surface area contributed by atoms with E-state index in [1.54, 1.807) is 6.26 Å². The van der Waals surface area contributed by atoms with Gasteiger partial charge in [0, 0.05) is 31.7 Å². The molecule has 0 unspecified atom stereocenters. The topological polar surface area (TPSA) is 41.7 Å². The van der Waals surface area contributed by atoms with E-state index in [0.29, 0.717) is 5.89 Å². The molecule has 0 radical (unpaired) electrons. The molecule has 1 aliphatic rings. The zero-order valence-corrected chi connectivity index (χ0v) is 14.2. The van der Waals surface area contributed by atoms with Crippen molar-refractivity contribution in [1.29, 1.82) is 0 Å². The van der Waals surface area contributed by atoms with Crippen LogP contribution in [0, 0.1) is 6.92 Å². The summed E-state index contributed by atoms with van der Waals surface area (Å²) in [6.07, 6.45) is 2.04. The van der Waals surface area contributed by atoms with Crippen molar-refractivity contribution in [2.24, 2.45) is 0 Å². The van der Waals surface area contributed by atoms with Gasteiger partial charge in [0.1, 0.15) is 6.26 Å². The van der Waals surface area contributed by atoms with E-state index in [4.69, 9.17) is 9.15 Å². The molecule has 0 amide bonds. The van der Waals surface area contributed by atoms with Crippen molar-refractivity contribution in [3.8, 4) is 11.5 Å². The van der Waals surface area contributed by atoms with E-state index >= 15 is 0 Å². The minimum atomic E-state index is 0.266. The number of likely N-dealkylation sites (N-methyl/N-ethyl adjacent to an activating group) is 1. The Labute approximate surface area is 137 Å². The number of aryl methyl sites for hydroxylation is 1. The number of aromatic nitrogens is 1. The minimum Gasteiger partial charge on any atom is -0.444 e. The molecule has 1 fully saturated rings. The van der Waals surface area contributed by atoms with Crippen molar-refractivity contribution in [1.82, 2.24) is 14.8 Å². The molecule has 1 aromatic heterocycles. The van der Waals surface area contributed by atoms with Crippen LogP contribution in [0.2, 0.25) is 0 Å². The Morgan fingerprint density at radius 3 is 2.78 bits per heavy atom. The Balaban J connectivity index is 1.61. The van der Waals surface area contributed by atoms with Crippen LogP contribution in [-0.4, -0.2) is 61.2 Å². The maximum Gasteiger partial charge on any atom is 0.226 e. The highest BCUT2D eigenvalue weighted by Gasteiger charge is 2.22. The Bertz CT molecular complexity index is 621. The third-order valence-electron chi connectivity index (χ3n) is 4.03. The summed E-state index contributed by atoms with van der Waals surface area (Å²) in [6.45, 7) is 6.49. The lowest BCUT2D eigenvalue weighted by Crippen LogP contribution is -2.46. The second-order valence-corrected chi connectivity index (χ2v) is 6.50. The molecule has 0 saturated carbocycles. The van der Waals surface area contributed by atoms with Crippen molar-refractivity contribution in [3.05, 3.63) is 41.8 Å². The SMILES string of the molecule is Cc1ccc(-c2nc(CN3CCO[C@@H](CN(C)C)C3)co2)cc1. The second kappa shape index (κ2) is 7.25. The van der Waals surface area contributed by atoms with Crippen LogP contribution >= 0.6 is 0 Å². The molecule has 124 valence electrons. The lowest BCUT2D eigenvalue weighted by molar-refractivity contribution is -0.0410. The molecule has 5 nitrogen and oxygen atoms in total. The highest BCUT2D eigenvalue weighted by atomic mass is 16.5. The summed E-state index contributed by atoms with van der Waals surface area (Å²) in [5, 5.41) is 0. The largest absolute Gasteiger partial charge is 0.444 e. The molecular formula is C18H25N3O2. The number of morpholine rings is 1. The van der Waals surface area contributed by atoms with E-state index < -0.39 is 0 Å². The van der Waals surface area contributed by atoms with Gasteiger partial charge in [-0.3, -0.25) is 4.90 Å². The average molecular weight is 315 g/mol. The van der Waals surface area contributed by atoms with Crippen LogP contribution in [0.25, 0.3) is 11.5 Å². The Morgan fingerprint density at radius 1 is 1.26 bits per heavy atom. The zero-order valence-electron chi connectivity index (χ0n) is 14.2. The Morgan fingerprint density at radius 2 is 2.04 bits per heavy atom. The summed E-state index contributed by atoms with van der Waals surface area (Å²) in [5.41, 5.74) is 3.24. The van der Waals surface area contributed by atoms with E-state index in [0.717, 1.165) is 44.0 Å². The first-order valence-electron chi connectivity index (χ1n) is 8.10. The summed E-state index contributed by atoms with van der Waals surface area (Å²) in [7, 11) is 4.15. The molecule has 3 rings (SSSR count). The molecule has 1 atom stereocenters. The van der Waals surface area contributed by atoms with Gasteiger partial charge in [-0.15, -0.1) is 0 Å². The number of hydrogen-bond acceptors (Lipinski definition) is 5. The number of benzene rings is 1. The van der Waals surface area contributed by atoms with Crippen LogP contribution in [0.3, 0.4) is 0 Å². The summed E-state index contributed by atoms with van der Waals surface area (Å²) < 4.78 is 11.5. The van der Waals surface area contributed by atoms with Gasteiger partial charge < -0.3 is 14.1 Å². The molecule has 0 spiro atoms. The predicted octanol–water partition coefficient (Wildman–Crippen LogP) is 2.41. The Kier molecular flexibility index (Phi) is 5.10. The van der Waals surface area contributed by atoms with Crippen LogP contribution in [0.5, 0.6) is 0 Å². The van der Waals surface area contributed by atoms with Gasteiger partial charge in [-0.05, 0) is 33.2 Å². The van der Waals surface area contributed by atoms with Crippen LogP contribution in [-0.2, 0) is 11.3 Å². The molecule has 0 N–H and O–H groups in total. The van der Waals surface area contributed by atoms with E-state index in [2.05, 4.69) is 47.9 Å². The highest BCUT2D eigenvalue weighted by molar-refractivity contribution is 5.53. The average Bonchev–Trinajstić information content (AvgIpc) is 2.96.